The Morgan fingerprint density at radius 1 is 1.14 bits per heavy atom. The van der Waals surface area contributed by atoms with Gasteiger partial charge in [-0.15, -0.1) is 0 Å². The predicted octanol–water partition coefficient (Wildman–Crippen LogP) is 3.50. The van der Waals surface area contributed by atoms with E-state index in [9.17, 15) is 4.79 Å². The highest BCUT2D eigenvalue weighted by molar-refractivity contribution is 6.04. The fraction of sp³-hybridized carbons (Fsp3) is 0.278. The van der Waals surface area contributed by atoms with Crippen LogP contribution in [-0.4, -0.2) is 25.2 Å². The van der Waals surface area contributed by atoms with Crippen LogP contribution in [0.25, 0.3) is 0 Å². The fourth-order valence-corrected chi connectivity index (χ4v) is 2.39. The number of nitrogens with one attached hydrogen (secondary N) is 1. The minimum atomic E-state index is -0.128. The normalized spacial score (nSPS) is 17.2. The van der Waals surface area contributed by atoms with Gasteiger partial charge in [0.25, 0.3) is 5.91 Å². The SMILES string of the molecule is O=C(Nc1ccccc1)c1ccc(OCC2CCCO2)cc1. The minimum Gasteiger partial charge on any atom is -0.491 e. The summed E-state index contributed by atoms with van der Waals surface area (Å²) in [6.07, 6.45) is 2.35. The molecule has 1 unspecified atom stereocenters. The zero-order chi connectivity index (χ0) is 15.2. The average Bonchev–Trinajstić information content (AvgIpc) is 3.08. The zero-order valence-electron chi connectivity index (χ0n) is 12.3. The van der Waals surface area contributed by atoms with Crippen LogP contribution in [-0.2, 0) is 4.74 Å². The Labute approximate surface area is 130 Å². The number of anilines is 1. The smallest absolute Gasteiger partial charge is 0.255 e. The highest BCUT2D eigenvalue weighted by atomic mass is 16.5. The van der Waals surface area contributed by atoms with E-state index in [-0.39, 0.29) is 12.0 Å². The third-order valence-corrected chi connectivity index (χ3v) is 3.61. The van der Waals surface area contributed by atoms with Gasteiger partial charge in [0, 0.05) is 17.9 Å². The Bertz CT molecular complexity index is 604. The second-order valence-corrected chi connectivity index (χ2v) is 5.29. The standard InChI is InChI=1S/C18H19NO3/c20-18(19-15-5-2-1-3-6-15)14-8-10-16(11-9-14)22-13-17-7-4-12-21-17/h1-3,5-6,8-11,17H,4,7,12-13H2,(H,19,20). The van der Waals surface area contributed by atoms with Crippen LogP contribution in [0.3, 0.4) is 0 Å². The molecule has 1 aliphatic heterocycles. The monoisotopic (exact) mass is 297 g/mol. The van der Waals surface area contributed by atoms with Crippen molar-refractivity contribution >= 4 is 11.6 Å². The second-order valence-electron chi connectivity index (χ2n) is 5.29. The summed E-state index contributed by atoms with van der Waals surface area (Å²) in [5.74, 6) is 0.628. The lowest BCUT2D eigenvalue weighted by Gasteiger charge is -2.11. The van der Waals surface area contributed by atoms with Crippen LogP contribution in [0.2, 0.25) is 0 Å². The summed E-state index contributed by atoms with van der Waals surface area (Å²) in [4.78, 5) is 12.1. The topological polar surface area (TPSA) is 47.6 Å². The first-order valence-corrected chi connectivity index (χ1v) is 7.52. The van der Waals surface area contributed by atoms with Gasteiger partial charge in [-0.3, -0.25) is 4.79 Å². The van der Waals surface area contributed by atoms with Crippen LogP contribution < -0.4 is 10.1 Å². The van der Waals surface area contributed by atoms with Gasteiger partial charge in [-0.1, -0.05) is 18.2 Å². The van der Waals surface area contributed by atoms with E-state index in [0.29, 0.717) is 12.2 Å². The molecule has 0 aliphatic carbocycles. The molecule has 2 aromatic carbocycles. The highest BCUT2D eigenvalue weighted by Gasteiger charge is 2.16. The van der Waals surface area contributed by atoms with E-state index >= 15 is 0 Å². The van der Waals surface area contributed by atoms with Crippen molar-refractivity contribution in [2.45, 2.75) is 18.9 Å². The van der Waals surface area contributed by atoms with Crippen molar-refractivity contribution < 1.29 is 14.3 Å². The van der Waals surface area contributed by atoms with Crippen LogP contribution in [0.5, 0.6) is 5.75 Å². The molecular formula is C18H19NO3. The van der Waals surface area contributed by atoms with Gasteiger partial charge in [-0.05, 0) is 49.2 Å². The minimum absolute atomic E-state index is 0.128. The fourth-order valence-electron chi connectivity index (χ4n) is 2.39. The average molecular weight is 297 g/mol. The molecule has 22 heavy (non-hydrogen) atoms. The number of benzene rings is 2. The highest BCUT2D eigenvalue weighted by Crippen LogP contribution is 2.17. The van der Waals surface area contributed by atoms with Gasteiger partial charge in [-0.25, -0.2) is 0 Å². The molecule has 4 heteroatoms. The first kappa shape index (κ1) is 14.6. The predicted molar refractivity (Wildman–Crippen MR) is 85.3 cm³/mol. The van der Waals surface area contributed by atoms with Crippen LogP contribution in [0.15, 0.2) is 54.6 Å². The van der Waals surface area contributed by atoms with Gasteiger partial charge in [0.1, 0.15) is 12.4 Å². The number of amides is 1. The van der Waals surface area contributed by atoms with E-state index in [1.54, 1.807) is 12.1 Å². The zero-order valence-corrected chi connectivity index (χ0v) is 12.3. The summed E-state index contributed by atoms with van der Waals surface area (Å²) in [5, 5.41) is 2.85. The van der Waals surface area contributed by atoms with Gasteiger partial charge < -0.3 is 14.8 Å². The maximum Gasteiger partial charge on any atom is 0.255 e. The molecule has 1 amide bonds. The van der Waals surface area contributed by atoms with E-state index < -0.39 is 0 Å². The van der Waals surface area contributed by atoms with Crippen molar-refractivity contribution in [1.82, 2.24) is 0 Å². The molecule has 1 N–H and O–H groups in total. The molecule has 0 bridgehead atoms. The second kappa shape index (κ2) is 7.09. The molecule has 0 radical (unpaired) electrons. The van der Waals surface area contributed by atoms with Crippen LogP contribution >= 0.6 is 0 Å². The van der Waals surface area contributed by atoms with Crippen molar-refractivity contribution in [1.29, 1.82) is 0 Å². The molecule has 1 aliphatic rings. The van der Waals surface area contributed by atoms with Crippen LogP contribution in [0, 0.1) is 0 Å². The Morgan fingerprint density at radius 3 is 2.59 bits per heavy atom. The Balaban J connectivity index is 1.55. The largest absolute Gasteiger partial charge is 0.491 e. The Hall–Kier alpha value is -2.33. The van der Waals surface area contributed by atoms with Gasteiger partial charge in [0.05, 0.1) is 6.10 Å². The summed E-state index contributed by atoms with van der Waals surface area (Å²) >= 11 is 0. The number of ether oxygens (including phenoxy) is 2. The van der Waals surface area contributed by atoms with Crippen molar-refractivity contribution in [3.63, 3.8) is 0 Å². The van der Waals surface area contributed by atoms with Crippen LogP contribution in [0.1, 0.15) is 23.2 Å². The van der Waals surface area contributed by atoms with Gasteiger partial charge in [0.2, 0.25) is 0 Å². The van der Waals surface area contributed by atoms with E-state index in [1.165, 1.54) is 0 Å². The molecule has 1 saturated heterocycles. The summed E-state index contributed by atoms with van der Waals surface area (Å²) in [5.41, 5.74) is 1.39. The first-order valence-electron chi connectivity index (χ1n) is 7.52. The number of hydrogen-bond acceptors (Lipinski definition) is 3. The molecular weight excluding hydrogens is 278 g/mol. The number of rotatable bonds is 5. The molecule has 1 heterocycles. The Morgan fingerprint density at radius 2 is 1.91 bits per heavy atom. The van der Waals surface area contributed by atoms with Gasteiger partial charge in [0.15, 0.2) is 0 Å². The van der Waals surface area contributed by atoms with E-state index in [0.717, 1.165) is 30.9 Å². The molecule has 3 rings (SSSR count). The van der Waals surface area contributed by atoms with Crippen molar-refractivity contribution in [3.05, 3.63) is 60.2 Å². The molecule has 0 aromatic heterocycles. The number of para-hydroxylation sites is 1. The molecule has 1 fully saturated rings. The third kappa shape index (κ3) is 3.86. The lowest BCUT2D eigenvalue weighted by molar-refractivity contribution is 0.0679. The van der Waals surface area contributed by atoms with Crippen molar-refractivity contribution in [2.24, 2.45) is 0 Å². The molecule has 0 saturated carbocycles. The lowest BCUT2D eigenvalue weighted by atomic mass is 10.2. The maximum atomic E-state index is 12.1. The number of carbonyl (C=O) groups is 1. The summed E-state index contributed by atoms with van der Waals surface area (Å²) < 4.78 is 11.2. The summed E-state index contributed by atoms with van der Waals surface area (Å²) in [6, 6.07) is 16.6. The maximum absolute atomic E-state index is 12.1. The Kier molecular flexibility index (Phi) is 4.71. The lowest BCUT2D eigenvalue weighted by Crippen LogP contribution is -2.16. The molecule has 0 spiro atoms. The summed E-state index contributed by atoms with van der Waals surface area (Å²) in [7, 11) is 0. The third-order valence-electron chi connectivity index (χ3n) is 3.61. The molecule has 4 nitrogen and oxygen atoms in total. The van der Waals surface area contributed by atoms with E-state index in [4.69, 9.17) is 9.47 Å². The van der Waals surface area contributed by atoms with E-state index in [1.807, 2.05) is 42.5 Å². The number of carbonyl (C=O) groups excluding carboxylic acids is 1. The summed E-state index contributed by atoms with van der Waals surface area (Å²) in [6.45, 7) is 1.39. The van der Waals surface area contributed by atoms with Crippen molar-refractivity contribution in [2.75, 3.05) is 18.5 Å². The van der Waals surface area contributed by atoms with Crippen LogP contribution in [0.4, 0.5) is 5.69 Å². The van der Waals surface area contributed by atoms with E-state index in [2.05, 4.69) is 5.32 Å². The molecule has 114 valence electrons. The molecule has 2 aromatic rings. The van der Waals surface area contributed by atoms with Gasteiger partial charge in [-0.2, -0.15) is 0 Å². The van der Waals surface area contributed by atoms with Gasteiger partial charge >= 0.3 is 0 Å². The first-order chi connectivity index (χ1) is 10.8. The molecule has 1 atom stereocenters. The van der Waals surface area contributed by atoms with Crippen molar-refractivity contribution in [3.8, 4) is 5.75 Å². The quantitative estimate of drug-likeness (QED) is 0.919. The number of hydrogen-bond donors (Lipinski definition) is 1.